The molecule has 1 unspecified atom stereocenters. The van der Waals surface area contributed by atoms with Gasteiger partial charge in [-0.3, -0.25) is 4.79 Å². The van der Waals surface area contributed by atoms with E-state index in [0.717, 1.165) is 21.0 Å². The average Bonchev–Trinajstić information content (AvgIpc) is 2.83. The van der Waals surface area contributed by atoms with Crippen LogP contribution in [0.1, 0.15) is 39.5 Å². The molecular formula is C16H16Br2N2O3S. The van der Waals surface area contributed by atoms with Crippen molar-refractivity contribution in [1.82, 2.24) is 5.32 Å². The average molecular weight is 476 g/mol. The maximum Gasteiger partial charge on any atom is 0.256 e. The van der Waals surface area contributed by atoms with Crippen LogP contribution < -0.4 is 15.4 Å². The van der Waals surface area contributed by atoms with Gasteiger partial charge in [0, 0.05) is 14.9 Å². The summed E-state index contributed by atoms with van der Waals surface area (Å²) < 4.78 is 6.64. The fraction of sp³-hybridized carbons (Fsp3) is 0.312. The van der Waals surface area contributed by atoms with Gasteiger partial charge in [-0.1, -0.05) is 0 Å². The van der Waals surface area contributed by atoms with Gasteiger partial charge in [-0.2, -0.15) is 0 Å². The van der Waals surface area contributed by atoms with Gasteiger partial charge in [0.05, 0.1) is 16.6 Å². The number of carbonyl (C=O) groups is 1. The Hall–Kier alpha value is -1.25. The van der Waals surface area contributed by atoms with Gasteiger partial charge in [-0.15, -0.1) is 11.3 Å². The van der Waals surface area contributed by atoms with E-state index in [-0.39, 0.29) is 11.7 Å². The maximum absolute atomic E-state index is 12.5. The highest BCUT2D eigenvalue weighted by Gasteiger charge is 2.31. The van der Waals surface area contributed by atoms with Crippen LogP contribution in [-0.2, 0) is 0 Å². The zero-order valence-corrected chi connectivity index (χ0v) is 17.3. The van der Waals surface area contributed by atoms with Crippen LogP contribution in [0.2, 0.25) is 0 Å². The summed E-state index contributed by atoms with van der Waals surface area (Å²) >= 11 is 8.41. The van der Waals surface area contributed by atoms with Crippen molar-refractivity contribution in [2.45, 2.75) is 26.9 Å². The summed E-state index contributed by atoms with van der Waals surface area (Å²) in [5.74, 6) is 0.283. The molecule has 0 bridgehead atoms. The van der Waals surface area contributed by atoms with Gasteiger partial charge in [0.1, 0.15) is 11.2 Å². The Labute approximate surface area is 160 Å². The van der Waals surface area contributed by atoms with Crippen molar-refractivity contribution in [2.24, 2.45) is 0 Å². The molecule has 0 radical (unpaired) electrons. The Kier molecular flexibility index (Phi) is 4.81. The molecule has 1 amide bonds. The summed E-state index contributed by atoms with van der Waals surface area (Å²) in [7, 11) is 0. The molecule has 1 aliphatic heterocycles. The molecule has 1 aromatic heterocycles. The number of aryl methyl sites for hydroxylation is 1. The number of nitrogens with one attached hydrogen (secondary N) is 2. The molecule has 0 saturated heterocycles. The van der Waals surface area contributed by atoms with Crippen LogP contribution in [0.4, 0.5) is 5.00 Å². The molecule has 2 heterocycles. The number of fused-ring (bicyclic) bond motifs is 1. The Bertz CT molecular complexity index is 835. The number of aromatic hydroxyl groups is 1. The monoisotopic (exact) mass is 474 g/mol. The number of anilines is 1. The molecule has 128 valence electrons. The van der Waals surface area contributed by atoms with Crippen LogP contribution in [0.15, 0.2) is 15.0 Å². The quantitative estimate of drug-likeness (QED) is 0.593. The molecule has 3 rings (SSSR count). The molecule has 8 heteroatoms. The third kappa shape index (κ3) is 2.80. The number of halogens is 2. The Morgan fingerprint density at radius 3 is 2.67 bits per heavy atom. The predicted molar refractivity (Wildman–Crippen MR) is 102 cm³/mol. The first-order valence-electron chi connectivity index (χ1n) is 7.36. The first-order chi connectivity index (χ1) is 11.3. The van der Waals surface area contributed by atoms with E-state index in [1.54, 1.807) is 17.4 Å². The molecule has 0 fully saturated rings. The third-order valence-corrected chi connectivity index (χ3v) is 7.25. The SMILES string of the molecule is CCOc1cc(C2NC(=O)c3c(sc(C)c3C)N2)c(Br)c(Br)c1O. The van der Waals surface area contributed by atoms with Crippen LogP contribution >= 0.6 is 43.2 Å². The van der Waals surface area contributed by atoms with Gasteiger partial charge >= 0.3 is 0 Å². The van der Waals surface area contributed by atoms with Gasteiger partial charge < -0.3 is 20.5 Å². The van der Waals surface area contributed by atoms with E-state index in [1.165, 1.54) is 0 Å². The van der Waals surface area contributed by atoms with E-state index in [1.807, 2.05) is 20.8 Å². The van der Waals surface area contributed by atoms with E-state index in [0.29, 0.717) is 26.9 Å². The van der Waals surface area contributed by atoms with Crippen LogP contribution in [0.3, 0.4) is 0 Å². The second-order valence-electron chi connectivity index (χ2n) is 5.41. The highest BCUT2D eigenvalue weighted by atomic mass is 79.9. The summed E-state index contributed by atoms with van der Waals surface area (Å²) in [6.07, 6.45) is -0.423. The minimum atomic E-state index is -0.423. The maximum atomic E-state index is 12.5. The Balaban J connectivity index is 2.06. The standard InChI is InChI=1S/C16H16Br2N2O3S/c1-4-23-9-5-8(11(17)12(18)13(9)21)14-19-15(22)10-6(2)7(3)24-16(10)20-14/h5,14,20-21H,4H2,1-3H3,(H,19,22). The van der Waals surface area contributed by atoms with Gasteiger partial charge in [0.15, 0.2) is 11.5 Å². The zero-order chi connectivity index (χ0) is 17.6. The van der Waals surface area contributed by atoms with Crippen molar-refractivity contribution < 1.29 is 14.6 Å². The molecule has 1 aliphatic rings. The summed E-state index contributed by atoms with van der Waals surface area (Å²) in [6.45, 7) is 6.23. The smallest absolute Gasteiger partial charge is 0.256 e. The summed E-state index contributed by atoms with van der Waals surface area (Å²) in [5, 5.41) is 17.4. The van der Waals surface area contributed by atoms with Crippen LogP contribution in [0.25, 0.3) is 0 Å². The summed E-state index contributed by atoms with van der Waals surface area (Å²) in [6, 6.07) is 1.73. The molecule has 2 aromatic rings. The number of phenols is 1. The zero-order valence-electron chi connectivity index (χ0n) is 13.3. The van der Waals surface area contributed by atoms with Crippen molar-refractivity contribution in [3.8, 4) is 11.5 Å². The molecule has 24 heavy (non-hydrogen) atoms. The lowest BCUT2D eigenvalue weighted by Gasteiger charge is -2.28. The number of thiophene rings is 1. The van der Waals surface area contributed by atoms with E-state index < -0.39 is 6.17 Å². The lowest BCUT2D eigenvalue weighted by molar-refractivity contribution is 0.0935. The normalized spacial score (nSPS) is 16.4. The minimum absolute atomic E-state index is 0.0260. The molecule has 3 N–H and O–H groups in total. The number of carbonyl (C=O) groups excluding carboxylic acids is 1. The van der Waals surface area contributed by atoms with Gasteiger partial charge in [0.2, 0.25) is 0 Å². The molecule has 1 aromatic carbocycles. The Morgan fingerprint density at radius 1 is 1.29 bits per heavy atom. The number of hydrogen-bond acceptors (Lipinski definition) is 5. The van der Waals surface area contributed by atoms with Crippen LogP contribution in [-0.4, -0.2) is 17.6 Å². The van der Waals surface area contributed by atoms with E-state index >= 15 is 0 Å². The second kappa shape index (κ2) is 6.57. The number of rotatable bonds is 3. The van der Waals surface area contributed by atoms with Gasteiger partial charge in [0.25, 0.3) is 5.91 Å². The number of hydrogen-bond donors (Lipinski definition) is 3. The third-order valence-electron chi connectivity index (χ3n) is 3.95. The molecule has 0 spiro atoms. The number of amides is 1. The highest BCUT2D eigenvalue weighted by Crippen LogP contribution is 2.45. The molecular weight excluding hydrogens is 460 g/mol. The number of ether oxygens (including phenoxy) is 1. The lowest BCUT2D eigenvalue weighted by Crippen LogP contribution is -2.38. The molecule has 5 nitrogen and oxygen atoms in total. The fourth-order valence-corrected chi connectivity index (χ4v) is 4.66. The summed E-state index contributed by atoms with van der Waals surface area (Å²) in [4.78, 5) is 13.6. The van der Waals surface area contributed by atoms with E-state index in [9.17, 15) is 9.90 Å². The van der Waals surface area contributed by atoms with Crippen LogP contribution in [0, 0.1) is 13.8 Å². The first kappa shape index (κ1) is 17.6. The Morgan fingerprint density at radius 2 is 2.00 bits per heavy atom. The molecule has 0 aliphatic carbocycles. The molecule has 1 atom stereocenters. The van der Waals surface area contributed by atoms with Crippen molar-refractivity contribution in [2.75, 3.05) is 11.9 Å². The largest absolute Gasteiger partial charge is 0.503 e. The van der Waals surface area contributed by atoms with E-state index in [4.69, 9.17) is 4.74 Å². The van der Waals surface area contributed by atoms with Crippen molar-refractivity contribution >= 4 is 54.1 Å². The second-order valence-corrected chi connectivity index (χ2v) is 8.22. The van der Waals surface area contributed by atoms with Crippen molar-refractivity contribution in [3.63, 3.8) is 0 Å². The fourth-order valence-electron chi connectivity index (χ4n) is 2.62. The lowest BCUT2D eigenvalue weighted by atomic mass is 10.1. The number of benzene rings is 1. The summed E-state index contributed by atoms with van der Waals surface area (Å²) in [5.41, 5.74) is 2.47. The van der Waals surface area contributed by atoms with Crippen molar-refractivity contribution in [3.05, 3.63) is 36.6 Å². The topological polar surface area (TPSA) is 70.6 Å². The number of phenolic OH excluding ortho intramolecular Hbond substituents is 1. The van der Waals surface area contributed by atoms with Crippen molar-refractivity contribution in [1.29, 1.82) is 0 Å². The van der Waals surface area contributed by atoms with E-state index in [2.05, 4.69) is 42.5 Å². The van der Waals surface area contributed by atoms with Gasteiger partial charge in [-0.05, 0) is 64.3 Å². The van der Waals surface area contributed by atoms with Crippen LogP contribution in [0.5, 0.6) is 11.5 Å². The predicted octanol–water partition coefficient (Wildman–Crippen LogP) is 4.85. The first-order valence-corrected chi connectivity index (χ1v) is 9.76. The highest BCUT2D eigenvalue weighted by molar-refractivity contribution is 9.13. The molecule has 0 saturated carbocycles. The van der Waals surface area contributed by atoms with Gasteiger partial charge in [-0.25, -0.2) is 0 Å². The minimum Gasteiger partial charge on any atom is -0.503 e.